The van der Waals surface area contributed by atoms with Crippen LogP contribution in [0.1, 0.15) is 24.5 Å². The first-order valence-electron chi connectivity index (χ1n) is 4.42. The van der Waals surface area contributed by atoms with Crippen LogP contribution >= 0.6 is 11.6 Å². The van der Waals surface area contributed by atoms with Crippen molar-refractivity contribution >= 4 is 11.6 Å². The summed E-state index contributed by atoms with van der Waals surface area (Å²) < 4.78 is 5.37. The van der Waals surface area contributed by atoms with Gasteiger partial charge in [0.15, 0.2) is 0 Å². The van der Waals surface area contributed by atoms with Crippen molar-refractivity contribution in [1.82, 2.24) is 10.2 Å². The molecule has 1 aliphatic heterocycles. The maximum Gasteiger partial charge on any atom is 0.0699 e. The van der Waals surface area contributed by atoms with Gasteiger partial charge in [0.05, 0.1) is 23.5 Å². The van der Waals surface area contributed by atoms with Crippen LogP contribution in [0.15, 0.2) is 12.3 Å². The van der Waals surface area contributed by atoms with E-state index in [-0.39, 0.29) is 0 Å². The summed E-state index contributed by atoms with van der Waals surface area (Å²) in [6, 6.07) is 1.87. The maximum atomic E-state index is 5.82. The third kappa shape index (κ3) is 2.17. The molecule has 1 aromatic heterocycles. The Labute approximate surface area is 82.1 Å². The quantitative estimate of drug-likeness (QED) is 0.693. The number of nitrogens with zero attached hydrogens (tertiary/aromatic N) is 2. The Balaban J connectivity index is 2.14. The van der Waals surface area contributed by atoms with E-state index in [2.05, 4.69) is 10.2 Å². The number of halogens is 1. The van der Waals surface area contributed by atoms with E-state index in [0.29, 0.717) is 10.9 Å². The van der Waals surface area contributed by atoms with Gasteiger partial charge in [-0.3, -0.25) is 0 Å². The average Bonchev–Trinajstić information content (AvgIpc) is 2.19. The molecule has 0 aromatic carbocycles. The van der Waals surface area contributed by atoms with Gasteiger partial charge < -0.3 is 4.74 Å². The Hall–Kier alpha value is -0.670. The summed E-state index contributed by atoms with van der Waals surface area (Å²) in [6.45, 7) is 1.61. The largest absolute Gasteiger partial charge is 0.381 e. The third-order valence-electron chi connectivity index (χ3n) is 2.22. The van der Waals surface area contributed by atoms with E-state index in [1.165, 1.54) is 0 Å². The molecule has 4 heteroatoms. The monoisotopic (exact) mass is 198 g/mol. The van der Waals surface area contributed by atoms with Gasteiger partial charge in [0, 0.05) is 12.5 Å². The van der Waals surface area contributed by atoms with Crippen LogP contribution in [0.2, 0.25) is 5.02 Å². The number of aromatic nitrogens is 2. The molecule has 13 heavy (non-hydrogen) atoms. The topological polar surface area (TPSA) is 35.0 Å². The molecule has 0 amide bonds. The minimum Gasteiger partial charge on any atom is -0.381 e. The minimum atomic E-state index is 0.375. The van der Waals surface area contributed by atoms with E-state index >= 15 is 0 Å². The predicted octanol–water partition coefficient (Wildman–Crippen LogP) is 2.02. The molecule has 1 fully saturated rings. The lowest BCUT2D eigenvalue weighted by molar-refractivity contribution is 0.0790. The summed E-state index contributed by atoms with van der Waals surface area (Å²) in [4.78, 5) is 0. The second kappa shape index (κ2) is 4.03. The molecule has 0 saturated carbocycles. The number of hydrogen-bond donors (Lipinski definition) is 0. The SMILES string of the molecule is Clc1cnnc(C2CCCOC2)c1. The zero-order valence-electron chi connectivity index (χ0n) is 7.24. The molecule has 0 radical (unpaired) electrons. The van der Waals surface area contributed by atoms with Crippen LogP contribution in [0.3, 0.4) is 0 Å². The Morgan fingerprint density at radius 1 is 1.54 bits per heavy atom. The Kier molecular flexibility index (Phi) is 2.76. The third-order valence-corrected chi connectivity index (χ3v) is 2.43. The lowest BCUT2D eigenvalue weighted by Gasteiger charge is -2.20. The summed E-state index contributed by atoms with van der Waals surface area (Å²) in [5, 5.41) is 8.52. The predicted molar refractivity (Wildman–Crippen MR) is 49.8 cm³/mol. The van der Waals surface area contributed by atoms with Crippen molar-refractivity contribution in [3.63, 3.8) is 0 Å². The van der Waals surface area contributed by atoms with E-state index in [4.69, 9.17) is 16.3 Å². The van der Waals surface area contributed by atoms with Crippen molar-refractivity contribution in [2.45, 2.75) is 18.8 Å². The van der Waals surface area contributed by atoms with Crippen molar-refractivity contribution in [3.8, 4) is 0 Å². The minimum absolute atomic E-state index is 0.375. The first-order chi connectivity index (χ1) is 6.36. The second-order valence-corrected chi connectivity index (χ2v) is 3.65. The summed E-state index contributed by atoms with van der Waals surface area (Å²) >= 11 is 5.82. The van der Waals surface area contributed by atoms with Crippen LogP contribution in [-0.4, -0.2) is 23.4 Å². The van der Waals surface area contributed by atoms with Crippen molar-refractivity contribution in [2.75, 3.05) is 13.2 Å². The van der Waals surface area contributed by atoms with Gasteiger partial charge in [-0.15, -0.1) is 0 Å². The van der Waals surface area contributed by atoms with E-state index in [9.17, 15) is 0 Å². The average molecular weight is 199 g/mol. The van der Waals surface area contributed by atoms with Crippen molar-refractivity contribution < 1.29 is 4.74 Å². The van der Waals surface area contributed by atoms with Crippen LogP contribution in [-0.2, 0) is 4.74 Å². The second-order valence-electron chi connectivity index (χ2n) is 3.21. The number of rotatable bonds is 1. The van der Waals surface area contributed by atoms with E-state index in [1.807, 2.05) is 6.07 Å². The molecular formula is C9H11ClN2O. The number of hydrogen-bond acceptors (Lipinski definition) is 3. The Morgan fingerprint density at radius 2 is 2.46 bits per heavy atom. The first-order valence-corrected chi connectivity index (χ1v) is 4.80. The standard InChI is InChI=1S/C9H11ClN2O/c10-8-4-9(12-11-5-8)7-2-1-3-13-6-7/h4-5,7H,1-3,6H2. The molecule has 2 rings (SSSR count). The van der Waals surface area contributed by atoms with Gasteiger partial charge >= 0.3 is 0 Å². The van der Waals surface area contributed by atoms with Gasteiger partial charge in [-0.2, -0.15) is 10.2 Å². The zero-order chi connectivity index (χ0) is 9.10. The molecule has 0 spiro atoms. The highest BCUT2D eigenvalue weighted by Gasteiger charge is 2.17. The molecule has 1 atom stereocenters. The van der Waals surface area contributed by atoms with Crippen LogP contribution in [0, 0.1) is 0 Å². The van der Waals surface area contributed by atoms with Crippen LogP contribution in [0.25, 0.3) is 0 Å². The molecular weight excluding hydrogens is 188 g/mol. The fourth-order valence-electron chi connectivity index (χ4n) is 1.53. The molecule has 70 valence electrons. The van der Waals surface area contributed by atoms with E-state index in [1.54, 1.807) is 6.20 Å². The molecule has 2 heterocycles. The van der Waals surface area contributed by atoms with Crippen LogP contribution in [0.5, 0.6) is 0 Å². The zero-order valence-corrected chi connectivity index (χ0v) is 8.00. The fraction of sp³-hybridized carbons (Fsp3) is 0.556. The molecule has 0 N–H and O–H groups in total. The molecule has 1 saturated heterocycles. The Bertz CT molecular complexity index is 287. The van der Waals surface area contributed by atoms with Crippen molar-refractivity contribution in [2.24, 2.45) is 0 Å². The molecule has 1 unspecified atom stereocenters. The fourth-order valence-corrected chi connectivity index (χ4v) is 1.69. The summed E-state index contributed by atoms with van der Waals surface area (Å²) in [6.07, 6.45) is 3.77. The maximum absolute atomic E-state index is 5.82. The normalized spacial score (nSPS) is 23.0. The lowest BCUT2D eigenvalue weighted by Crippen LogP contribution is -2.16. The number of ether oxygens (including phenoxy) is 1. The van der Waals surface area contributed by atoms with E-state index < -0.39 is 0 Å². The van der Waals surface area contributed by atoms with Crippen molar-refractivity contribution in [3.05, 3.63) is 23.0 Å². The highest BCUT2D eigenvalue weighted by atomic mass is 35.5. The highest BCUT2D eigenvalue weighted by Crippen LogP contribution is 2.24. The summed E-state index contributed by atoms with van der Waals surface area (Å²) in [5.74, 6) is 0.375. The molecule has 0 aliphatic carbocycles. The van der Waals surface area contributed by atoms with E-state index in [0.717, 1.165) is 31.7 Å². The highest BCUT2D eigenvalue weighted by molar-refractivity contribution is 6.30. The van der Waals surface area contributed by atoms with Crippen molar-refractivity contribution in [1.29, 1.82) is 0 Å². The molecule has 3 nitrogen and oxygen atoms in total. The molecule has 0 bridgehead atoms. The lowest BCUT2D eigenvalue weighted by atomic mass is 9.98. The first kappa shape index (κ1) is 8.91. The smallest absolute Gasteiger partial charge is 0.0699 e. The summed E-state index contributed by atoms with van der Waals surface area (Å²) in [7, 11) is 0. The van der Waals surface area contributed by atoms with Crippen LogP contribution in [0.4, 0.5) is 0 Å². The van der Waals surface area contributed by atoms with Gasteiger partial charge in [0.1, 0.15) is 0 Å². The molecule has 1 aliphatic rings. The van der Waals surface area contributed by atoms with Gasteiger partial charge in [-0.1, -0.05) is 11.6 Å². The van der Waals surface area contributed by atoms with Crippen LogP contribution < -0.4 is 0 Å². The van der Waals surface area contributed by atoms with Gasteiger partial charge in [0.2, 0.25) is 0 Å². The van der Waals surface area contributed by atoms with Gasteiger partial charge in [-0.05, 0) is 18.9 Å². The Morgan fingerprint density at radius 3 is 3.15 bits per heavy atom. The molecule has 1 aromatic rings. The van der Waals surface area contributed by atoms with Gasteiger partial charge in [-0.25, -0.2) is 0 Å². The summed E-state index contributed by atoms with van der Waals surface area (Å²) in [5.41, 5.74) is 0.951. The van der Waals surface area contributed by atoms with Gasteiger partial charge in [0.25, 0.3) is 0 Å².